The van der Waals surface area contributed by atoms with Gasteiger partial charge in [-0.1, -0.05) is 23.2 Å². The van der Waals surface area contributed by atoms with Crippen molar-refractivity contribution in [3.05, 3.63) is 28.2 Å². The van der Waals surface area contributed by atoms with E-state index in [9.17, 15) is 0 Å². The molecule has 0 bridgehead atoms. The molecule has 2 fully saturated rings. The number of hydrogen-bond acceptors (Lipinski definition) is 2. The van der Waals surface area contributed by atoms with Crippen LogP contribution >= 0.6 is 35.6 Å². The minimum atomic E-state index is 0. The number of hydrogen-bond donors (Lipinski definition) is 0. The number of benzene rings is 1. The van der Waals surface area contributed by atoms with Gasteiger partial charge in [-0.3, -0.25) is 0 Å². The zero-order chi connectivity index (χ0) is 13.9. The second-order valence-electron chi connectivity index (χ2n) is 5.99. The third-order valence-electron chi connectivity index (χ3n) is 4.62. The maximum atomic E-state index is 6.00. The molecule has 0 radical (unpaired) electrons. The SMILES string of the molecule is Cl.Clc1ccc(OC[C@@H]2CC[C@@H]2CN2CCCC2)cc1Cl. The average molecular weight is 351 g/mol. The molecule has 2 atom stereocenters. The first-order valence-electron chi connectivity index (χ1n) is 7.52. The Hall–Kier alpha value is -0.150. The third kappa shape index (κ3) is 4.41. The van der Waals surface area contributed by atoms with Gasteiger partial charge in [-0.05, 0) is 62.7 Å². The van der Waals surface area contributed by atoms with Gasteiger partial charge in [0.2, 0.25) is 0 Å². The monoisotopic (exact) mass is 349 g/mol. The topological polar surface area (TPSA) is 12.5 Å². The highest BCUT2D eigenvalue weighted by atomic mass is 35.5. The lowest BCUT2D eigenvalue weighted by molar-refractivity contribution is 0.0751. The summed E-state index contributed by atoms with van der Waals surface area (Å²) in [5, 5.41) is 1.14. The van der Waals surface area contributed by atoms with E-state index < -0.39 is 0 Å². The van der Waals surface area contributed by atoms with Crippen LogP contribution in [0.15, 0.2) is 18.2 Å². The van der Waals surface area contributed by atoms with Gasteiger partial charge in [0.1, 0.15) is 5.75 Å². The Morgan fingerprint density at radius 1 is 1.05 bits per heavy atom. The molecule has 0 amide bonds. The van der Waals surface area contributed by atoms with Crippen molar-refractivity contribution < 1.29 is 4.74 Å². The largest absolute Gasteiger partial charge is 0.493 e. The van der Waals surface area contributed by atoms with Crippen LogP contribution in [-0.2, 0) is 0 Å². The molecule has 0 unspecified atom stereocenters. The first-order chi connectivity index (χ1) is 9.72. The van der Waals surface area contributed by atoms with Gasteiger partial charge >= 0.3 is 0 Å². The molecule has 0 N–H and O–H groups in total. The van der Waals surface area contributed by atoms with E-state index in [-0.39, 0.29) is 12.4 Å². The summed E-state index contributed by atoms with van der Waals surface area (Å²) >= 11 is 11.9. The quantitative estimate of drug-likeness (QED) is 0.747. The minimum absolute atomic E-state index is 0. The van der Waals surface area contributed by atoms with Crippen molar-refractivity contribution in [1.29, 1.82) is 0 Å². The normalized spacial score (nSPS) is 25.2. The zero-order valence-electron chi connectivity index (χ0n) is 12.1. The molecule has 2 nitrogen and oxygen atoms in total. The predicted octanol–water partition coefficient (Wildman–Crippen LogP) is 4.92. The summed E-state index contributed by atoms with van der Waals surface area (Å²) in [6.07, 6.45) is 5.39. The van der Waals surface area contributed by atoms with E-state index in [2.05, 4.69) is 4.90 Å². The summed E-state index contributed by atoms with van der Waals surface area (Å²) in [5.41, 5.74) is 0. The molecule has 1 saturated carbocycles. The van der Waals surface area contributed by atoms with Crippen molar-refractivity contribution in [2.45, 2.75) is 25.7 Å². The third-order valence-corrected chi connectivity index (χ3v) is 5.36. The minimum Gasteiger partial charge on any atom is -0.493 e. The van der Waals surface area contributed by atoms with Gasteiger partial charge in [0.05, 0.1) is 16.7 Å². The smallest absolute Gasteiger partial charge is 0.120 e. The second-order valence-corrected chi connectivity index (χ2v) is 6.81. The van der Waals surface area contributed by atoms with Crippen molar-refractivity contribution in [1.82, 2.24) is 4.90 Å². The van der Waals surface area contributed by atoms with Gasteiger partial charge in [0.25, 0.3) is 0 Å². The van der Waals surface area contributed by atoms with Crippen molar-refractivity contribution in [2.75, 3.05) is 26.2 Å². The number of rotatable bonds is 5. The Morgan fingerprint density at radius 3 is 2.38 bits per heavy atom. The van der Waals surface area contributed by atoms with E-state index >= 15 is 0 Å². The lowest BCUT2D eigenvalue weighted by Gasteiger charge is -2.38. The maximum Gasteiger partial charge on any atom is 0.120 e. The van der Waals surface area contributed by atoms with Crippen LogP contribution in [0, 0.1) is 11.8 Å². The van der Waals surface area contributed by atoms with Crippen LogP contribution in [-0.4, -0.2) is 31.1 Å². The average Bonchev–Trinajstić information content (AvgIpc) is 2.92. The number of halogens is 3. The Labute approximate surface area is 143 Å². The summed E-state index contributed by atoms with van der Waals surface area (Å²) in [5.74, 6) is 2.34. The van der Waals surface area contributed by atoms with Crippen LogP contribution in [0.4, 0.5) is 0 Å². The fraction of sp³-hybridized carbons (Fsp3) is 0.625. The van der Waals surface area contributed by atoms with E-state index in [0.717, 1.165) is 18.3 Å². The molecule has 5 heteroatoms. The molecule has 1 aliphatic carbocycles. The molecule has 21 heavy (non-hydrogen) atoms. The summed E-state index contributed by atoms with van der Waals surface area (Å²) in [6, 6.07) is 5.49. The first kappa shape index (κ1) is 17.2. The van der Waals surface area contributed by atoms with Crippen LogP contribution < -0.4 is 4.74 Å². The standard InChI is InChI=1S/C16H21Cl2NO.ClH/c17-15-6-5-14(9-16(15)18)20-11-13-4-3-12(13)10-19-7-1-2-8-19;/h5-6,9,12-13H,1-4,7-8,10-11H2;1H/t12-,13+;/m1./s1. The Balaban J connectivity index is 0.00000161. The van der Waals surface area contributed by atoms with Crippen molar-refractivity contribution in [3.63, 3.8) is 0 Å². The van der Waals surface area contributed by atoms with Gasteiger partial charge < -0.3 is 9.64 Å². The van der Waals surface area contributed by atoms with Gasteiger partial charge in [0, 0.05) is 12.6 Å². The van der Waals surface area contributed by atoms with Crippen LogP contribution in [0.3, 0.4) is 0 Å². The van der Waals surface area contributed by atoms with Gasteiger partial charge in [-0.15, -0.1) is 12.4 Å². The highest BCUT2D eigenvalue weighted by Gasteiger charge is 2.33. The van der Waals surface area contributed by atoms with Crippen LogP contribution in [0.5, 0.6) is 5.75 Å². The Kier molecular flexibility index (Phi) is 6.49. The number of nitrogens with zero attached hydrogens (tertiary/aromatic N) is 1. The molecule has 1 heterocycles. The van der Waals surface area contributed by atoms with E-state index in [4.69, 9.17) is 27.9 Å². The van der Waals surface area contributed by atoms with E-state index in [1.807, 2.05) is 6.07 Å². The summed E-state index contributed by atoms with van der Waals surface area (Å²) in [6.45, 7) is 4.64. The van der Waals surface area contributed by atoms with Crippen molar-refractivity contribution in [2.24, 2.45) is 11.8 Å². The summed E-state index contributed by atoms with van der Waals surface area (Å²) in [4.78, 5) is 2.61. The molecule has 3 rings (SSSR count). The van der Waals surface area contributed by atoms with Gasteiger partial charge in [-0.25, -0.2) is 0 Å². The lowest BCUT2D eigenvalue weighted by atomic mass is 9.74. The van der Waals surface area contributed by atoms with Crippen LogP contribution in [0.25, 0.3) is 0 Å². The molecule has 118 valence electrons. The van der Waals surface area contributed by atoms with Crippen LogP contribution in [0.1, 0.15) is 25.7 Å². The van der Waals surface area contributed by atoms with Crippen molar-refractivity contribution >= 4 is 35.6 Å². The molecular weight excluding hydrogens is 329 g/mol. The van der Waals surface area contributed by atoms with Gasteiger partial charge in [0.15, 0.2) is 0 Å². The molecule has 1 aromatic rings. The Morgan fingerprint density at radius 2 is 1.76 bits per heavy atom. The Bertz CT molecular complexity index is 463. The summed E-state index contributed by atoms with van der Waals surface area (Å²) < 4.78 is 5.88. The van der Waals surface area contributed by atoms with Crippen molar-refractivity contribution in [3.8, 4) is 5.75 Å². The summed E-state index contributed by atoms with van der Waals surface area (Å²) in [7, 11) is 0. The number of ether oxygens (including phenoxy) is 1. The molecule has 1 saturated heterocycles. The first-order valence-corrected chi connectivity index (χ1v) is 8.28. The lowest BCUT2D eigenvalue weighted by Crippen LogP contribution is -2.39. The molecule has 0 aromatic heterocycles. The van der Waals surface area contributed by atoms with Gasteiger partial charge in [-0.2, -0.15) is 0 Å². The molecular formula is C16H22Cl3NO. The predicted molar refractivity (Wildman–Crippen MR) is 91.1 cm³/mol. The number of likely N-dealkylation sites (tertiary alicyclic amines) is 1. The van der Waals surface area contributed by atoms with E-state index in [1.54, 1.807) is 12.1 Å². The zero-order valence-corrected chi connectivity index (χ0v) is 14.4. The van der Waals surface area contributed by atoms with E-state index in [1.165, 1.54) is 45.3 Å². The maximum absolute atomic E-state index is 6.00. The molecule has 2 aliphatic rings. The highest BCUT2D eigenvalue weighted by Crippen LogP contribution is 2.36. The van der Waals surface area contributed by atoms with Crippen LogP contribution in [0.2, 0.25) is 10.0 Å². The van der Waals surface area contributed by atoms with E-state index in [0.29, 0.717) is 16.0 Å². The molecule has 1 aromatic carbocycles. The second kappa shape index (κ2) is 7.92. The molecule has 0 spiro atoms. The fourth-order valence-electron chi connectivity index (χ4n) is 3.16. The highest BCUT2D eigenvalue weighted by molar-refractivity contribution is 6.42. The fourth-order valence-corrected chi connectivity index (χ4v) is 3.45. The molecule has 1 aliphatic heterocycles.